The van der Waals surface area contributed by atoms with Crippen LogP contribution in [0.1, 0.15) is 13.8 Å². The average Bonchev–Trinajstić information content (AvgIpc) is 3.14. The van der Waals surface area contributed by atoms with Gasteiger partial charge in [-0.15, -0.1) is 0 Å². The van der Waals surface area contributed by atoms with Crippen LogP contribution < -0.4 is 21.5 Å². The third-order valence-corrected chi connectivity index (χ3v) is 9.69. The minimum atomic E-state index is -3.04. The first-order chi connectivity index (χ1) is 11.7. The number of aromatic nitrogens is 3. The molecule has 124 valence electrons. The smallest absolute Gasteiger partial charge is 0.192 e. The van der Waals surface area contributed by atoms with E-state index in [0.29, 0.717) is 5.44 Å². The summed E-state index contributed by atoms with van der Waals surface area (Å²) < 4.78 is 14.3. The molecule has 0 spiro atoms. The first-order valence-corrected chi connectivity index (χ1v) is 11.5. The highest BCUT2D eigenvalue weighted by atomic mass is 31.2. The molecule has 0 atom stereocenters. The second-order valence-electron chi connectivity index (χ2n) is 5.42. The molecule has 2 aromatic carbocycles. The van der Waals surface area contributed by atoms with Crippen LogP contribution in [0, 0.1) is 0 Å². The van der Waals surface area contributed by atoms with Gasteiger partial charge in [-0.1, -0.05) is 82.4 Å². The van der Waals surface area contributed by atoms with E-state index < -0.39 is 15.1 Å². The highest BCUT2D eigenvalue weighted by Crippen LogP contribution is 2.43. The molecule has 0 radical (unpaired) electrons. The number of hydrogen-bond donors (Lipinski definition) is 1. The van der Waals surface area contributed by atoms with Gasteiger partial charge >= 0.3 is 0 Å². The van der Waals surface area contributed by atoms with Crippen LogP contribution in [0.3, 0.4) is 0 Å². The number of aromatic amines is 1. The fourth-order valence-electron chi connectivity index (χ4n) is 2.84. The Morgan fingerprint density at radius 3 is 1.83 bits per heavy atom. The summed E-state index contributed by atoms with van der Waals surface area (Å²) in [5, 5.41) is 13.1. The molecule has 24 heavy (non-hydrogen) atoms. The summed E-state index contributed by atoms with van der Waals surface area (Å²) in [6, 6.07) is 19.3. The summed E-state index contributed by atoms with van der Waals surface area (Å²) in [6.45, 7) is 4.31. The fraction of sp³-hybridized carbons (Fsp3) is 0.222. The Morgan fingerprint density at radius 2 is 1.38 bits per heavy atom. The monoisotopic (exact) mass is 357 g/mol. The quantitative estimate of drug-likeness (QED) is 0.690. The van der Waals surface area contributed by atoms with Crippen molar-refractivity contribution in [2.24, 2.45) is 0 Å². The summed E-state index contributed by atoms with van der Waals surface area (Å²) in [6.07, 6.45) is 2.02. The third-order valence-electron chi connectivity index (χ3n) is 4.11. The van der Waals surface area contributed by atoms with Crippen LogP contribution in [0.25, 0.3) is 0 Å². The largest absolute Gasteiger partial charge is 0.307 e. The standard InChI is InChI=1S/C18H21N3OP2/c1-3-23(4-2)17-18(20-21-19-17)24(22,15-11-7-5-8-12-15)16-13-9-6-10-14-16/h5-14H,3-4H2,1-2H3,(H,19,20,21). The predicted octanol–water partition coefficient (Wildman–Crippen LogP) is 2.59. The molecule has 6 heteroatoms. The van der Waals surface area contributed by atoms with Crippen LogP contribution in [0.4, 0.5) is 0 Å². The van der Waals surface area contributed by atoms with Crippen LogP contribution in [0.15, 0.2) is 60.7 Å². The summed E-state index contributed by atoms with van der Waals surface area (Å²) in [5.74, 6) is 0. The van der Waals surface area contributed by atoms with Crippen molar-refractivity contribution in [1.82, 2.24) is 15.4 Å². The average molecular weight is 357 g/mol. The molecule has 0 aliphatic rings. The van der Waals surface area contributed by atoms with E-state index in [0.717, 1.165) is 28.4 Å². The molecular weight excluding hydrogens is 336 g/mol. The van der Waals surface area contributed by atoms with E-state index in [-0.39, 0.29) is 0 Å². The van der Waals surface area contributed by atoms with E-state index in [1.807, 2.05) is 60.7 Å². The maximum absolute atomic E-state index is 14.3. The van der Waals surface area contributed by atoms with Crippen LogP contribution in [-0.4, -0.2) is 27.7 Å². The van der Waals surface area contributed by atoms with E-state index in [1.54, 1.807) is 0 Å². The van der Waals surface area contributed by atoms with Gasteiger partial charge in [0.1, 0.15) is 5.44 Å². The Hall–Kier alpha value is -1.76. The minimum absolute atomic E-state index is 0.457. The van der Waals surface area contributed by atoms with Gasteiger partial charge in [-0.25, -0.2) is 0 Å². The highest BCUT2D eigenvalue weighted by molar-refractivity contribution is 7.86. The summed E-state index contributed by atoms with van der Waals surface area (Å²) >= 11 is 0. The van der Waals surface area contributed by atoms with Crippen LogP contribution in [0.5, 0.6) is 0 Å². The topological polar surface area (TPSA) is 58.6 Å². The zero-order valence-corrected chi connectivity index (χ0v) is 15.7. The number of H-pyrrole nitrogens is 1. The van der Waals surface area contributed by atoms with Crippen molar-refractivity contribution in [3.05, 3.63) is 60.7 Å². The summed E-state index contributed by atoms with van der Waals surface area (Å²) in [5.41, 5.74) is 1.51. The zero-order chi connectivity index (χ0) is 17.0. The lowest BCUT2D eigenvalue weighted by atomic mass is 10.4. The molecule has 0 amide bonds. The van der Waals surface area contributed by atoms with Crippen molar-refractivity contribution in [2.45, 2.75) is 13.8 Å². The van der Waals surface area contributed by atoms with Crippen LogP contribution in [-0.2, 0) is 4.57 Å². The van der Waals surface area contributed by atoms with Gasteiger partial charge in [-0.3, -0.25) is 0 Å². The molecular formula is C18H21N3OP2. The highest BCUT2D eigenvalue weighted by Gasteiger charge is 2.36. The molecule has 1 N–H and O–H groups in total. The molecule has 1 heterocycles. The molecule has 1 aromatic heterocycles. The lowest BCUT2D eigenvalue weighted by molar-refractivity contribution is 0.592. The van der Waals surface area contributed by atoms with Crippen molar-refractivity contribution in [3.63, 3.8) is 0 Å². The van der Waals surface area contributed by atoms with Gasteiger partial charge in [0.25, 0.3) is 0 Å². The van der Waals surface area contributed by atoms with Crippen molar-refractivity contribution in [1.29, 1.82) is 0 Å². The van der Waals surface area contributed by atoms with E-state index in [9.17, 15) is 4.57 Å². The molecule has 4 nitrogen and oxygen atoms in total. The molecule has 0 aliphatic carbocycles. The zero-order valence-electron chi connectivity index (χ0n) is 13.9. The minimum Gasteiger partial charge on any atom is -0.307 e. The van der Waals surface area contributed by atoms with Gasteiger partial charge in [0.15, 0.2) is 12.6 Å². The van der Waals surface area contributed by atoms with E-state index in [4.69, 9.17) is 0 Å². The third kappa shape index (κ3) is 2.97. The van der Waals surface area contributed by atoms with E-state index in [1.165, 1.54) is 0 Å². The Balaban J connectivity index is 2.25. The summed E-state index contributed by atoms with van der Waals surface area (Å²) in [7, 11) is -3.49. The maximum Gasteiger partial charge on any atom is 0.192 e. The fourth-order valence-corrected chi connectivity index (χ4v) is 7.74. The predicted molar refractivity (Wildman–Crippen MR) is 103 cm³/mol. The number of benzene rings is 2. The SMILES string of the molecule is CCP(CC)c1n[nH]nc1P(=O)(c1ccccc1)c1ccccc1. The molecule has 3 rings (SSSR count). The normalized spacial score (nSPS) is 11.8. The Kier molecular flexibility index (Phi) is 5.28. The van der Waals surface area contributed by atoms with E-state index in [2.05, 4.69) is 29.3 Å². The molecule has 0 bridgehead atoms. The molecule has 0 unspecified atom stereocenters. The Morgan fingerprint density at radius 1 is 0.875 bits per heavy atom. The second-order valence-corrected chi connectivity index (χ2v) is 10.9. The maximum atomic E-state index is 14.3. The van der Waals surface area contributed by atoms with Crippen LogP contribution in [0.2, 0.25) is 0 Å². The lowest BCUT2D eigenvalue weighted by Gasteiger charge is -2.20. The first-order valence-electron chi connectivity index (χ1n) is 8.09. The molecule has 0 fully saturated rings. The van der Waals surface area contributed by atoms with Gasteiger partial charge in [0.05, 0.1) is 0 Å². The number of nitrogens with zero attached hydrogens (tertiary/aromatic N) is 2. The van der Waals surface area contributed by atoms with Gasteiger partial charge in [0.2, 0.25) is 0 Å². The van der Waals surface area contributed by atoms with Crippen molar-refractivity contribution in [2.75, 3.05) is 12.3 Å². The van der Waals surface area contributed by atoms with Gasteiger partial charge < -0.3 is 4.57 Å². The first kappa shape index (κ1) is 17.1. The molecule has 0 saturated heterocycles. The van der Waals surface area contributed by atoms with Gasteiger partial charge in [-0.05, 0) is 12.3 Å². The van der Waals surface area contributed by atoms with Crippen molar-refractivity contribution >= 4 is 36.5 Å². The molecule has 0 aliphatic heterocycles. The number of rotatable bonds is 6. The number of hydrogen-bond acceptors (Lipinski definition) is 3. The lowest BCUT2D eigenvalue weighted by Crippen LogP contribution is -2.34. The molecule has 0 saturated carbocycles. The van der Waals surface area contributed by atoms with Gasteiger partial charge in [-0.2, -0.15) is 15.4 Å². The Labute approximate surface area is 143 Å². The van der Waals surface area contributed by atoms with Crippen molar-refractivity contribution < 1.29 is 4.57 Å². The van der Waals surface area contributed by atoms with Crippen molar-refractivity contribution in [3.8, 4) is 0 Å². The van der Waals surface area contributed by atoms with E-state index >= 15 is 0 Å². The number of nitrogens with one attached hydrogen (secondary N) is 1. The molecule has 3 aromatic rings. The van der Waals surface area contributed by atoms with Crippen LogP contribution >= 0.6 is 15.1 Å². The Bertz CT molecular complexity index is 786. The summed E-state index contributed by atoms with van der Waals surface area (Å²) in [4.78, 5) is 0. The van der Waals surface area contributed by atoms with Gasteiger partial charge in [0, 0.05) is 10.6 Å². The second kappa shape index (κ2) is 7.42.